The lowest BCUT2D eigenvalue weighted by Gasteiger charge is -2.36. The van der Waals surface area contributed by atoms with Crippen LogP contribution in [0.15, 0.2) is 24.3 Å². The van der Waals surface area contributed by atoms with E-state index in [2.05, 4.69) is 9.80 Å². The lowest BCUT2D eigenvalue weighted by molar-refractivity contribution is -0.142. The minimum atomic E-state index is -0.0597. The van der Waals surface area contributed by atoms with E-state index in [1.165, 1.54) is 0 Å². The van der Waals surface area contributed by atoms with Crippen LogP contribution in [0.4, 0.5) is 0 Å². The molecule has 5 nitrogen and oxygen atoms in total. The molecule has 0 saturated carbocycles. The fraction of sp³-hybridized carbons (Fsp3) is 0.562. The zero-order valence-electron chi connectivity index (χ0n) is 12.5. The van der Waals surface area contributed by atoms with E-state index in [1.54, 1.807) is 0 Å². The average Bonchev–Trinajstić information content (AvgIpc) is 2.96. The van der Waals surface area contributed by atoms with Gasteiger partial charge >= 0.3 is 5.97 Å². The highest BCUT2D eigenvalue weighted by Gasteiger charge is 2.33. The summed E-state index contributed by atoms with van der Waals surface area (Å²) in [4.78, 5) is 16.2. The van der Waals surface area contributed by atoms with Crippen LogP contribution in [0.3, 0.4) is 0 Å². The van der Waals surface area contributed by atoms with Gasteiger partial charge in [-0.25, -0.2) is 0 Å². The van der Waals surface area contributed by atoms with E-state index in [1.807, 2.05) is 24.3 Å². The molecule has 0 aliphatic carbocycles. The number of benzene rings is 1. The first kappa shape index (κ1) is 15.6. The third-order valence-corrected chi connectivity index (χ3v) is 4.57. The van der Waals surface area contributed by atoms with Crippen LogP contribution in [0.1, 0.15) is 6.42 Å². The number of rotatable bonds is 5. The number of halogens is 1. The van der Waals surface area contributed by atoms with E-state index in [4.69, 9.17) is 21.1 Å². The number of ether oxygens (including phenoxy) is 2. The minimum Gasteiger partial charge on any atom is -0.491 e. The van der Waals surface area contributed by atoms with Gasteiger partial charge in [0.1, 0.15) is 18.4 Å². The lowest BCUT2D eigenvalue weighted by Crippen LogP contribution is -2.52. The minimum absolute atomic E-state index is 0.0264. The first-order valence-electron chi connectivity index (χ1n) is 7.74. The normalized spacial score (nSPS) is 23.5. The summed E-state index contributed by atoms with van der Waals surface area (Å²) in [6, 6.07) is 7.49. The third-order valence-electron chi connectivity index (χ3n) is 4.26. The Kier molecular flexibility index (Phi) is 5.18. The predicted octanol–water partition coefficient (Wildman–Crippen LogP) is 1.65. The number of hydrogen-bond donors (Lipinski definition) is 0. The number of para-hydroxylation sites is 1. The highest BCUT2D eigenvalue weighted by Crippen LogP contribution is 2.23. The van der Waals surface area contributed by atoms with Crippen LogP contribution in [0.5, 0.6) is 5.75 Å². The maximum absolute atomic E-state index is 11.6. The van der Waals surface area contributed by atoms with Crippen molar-refractivity contribution in [2.45, 2.75) is 12.5 Å². The number of piperazine rings is 1. The molecule has 0 bridgehead atoms. The van der Waals surface area contributed by atoms with Crippen LogP contribution in [-0.4, -0.2) is 67.7 Å². The SMILES string of the molecule is O=C1OCC[C@@H]1N1CCN(CCOc2ccccc2Cl)CC1. The van der Waals surface area contributed by atoms with Gasteiger partial charge in [0.05, 0.1) is 11.6 Å². The zero-order valence-corrected chi connectivity index (χ0v) is 13.3. The number of carbonyl (C=O) groups is 1. The Morgan fingerprint density at radius 1 is 1.23 bits per heavy atom. The van der Waals surface area contributed by atoms with E-state index in [9.17, 15) is 4.79 Å². The van der Waals surface area contributed by atoms with Crippen LogP contribution < -0.4 is 4.74 Å². The van der Waals surface area contributed by atoms with Crippen molar-refractivity contribution in [1.82, 2.24) is 9.80 Å². The first-order chi connectivity index (χ1) is 10.7. The van der Waals surface area contributed by atoms with E-state index in [0.29, 0.717) is 18.2 Å². The van der Waals surface area contributed by atoms with Gasteiger partial charge in [-0.1, -0.05) is 23.7 Å². The van der Waals surface area contributed by atoms with Gasteiger partial charge in [0.25, 0.3) is 0 Å². The zero-order chi connectivity index (χ0) is 15.4. The second-order valence-corrected chi connectivity index (χ2v) is 6.04. The van der Waals surface area contributed by atoms with E-state index >= 15 is 0 Å². The molecule has 0 aromatic heterocycles. The van der Waals surface area contributed by atoms with Crippen LogP contribution in [0, 0.1) is 0 Å². The average molecular weight is 325 g/mol. The molecule has 1 atom stereocenters. The summed E-state index contributed by atoms with van der Waals surface area (Å²) in [6.45, 7) is 5.78. The number of nitrogens with zero attached hydrogens (tertiary/aromatic N) is 2. The van der Waals surface area contributed by atoms with Crippen LogP contribution in [0.2, 0.25) is 5.02 Å². The molecule has 0 unspecified atom stereocenters. The first-order valence-corrected chi connectivity index (χ1v) is 8.12. The van der Waals surface area contributed by atoms with Crippen molar-refractivity contribution in [1.29, 1.82) is 0 Å². The van der Waals surface area contributed by atoms with Crippen molar-refractivity contribution in [2.75, 3.05) is 45.9 Å². The number of hydrogen-bond acceptors (Lipinski definition) is 5. The van der Waals surface area contributed by atoms with Crippen molar-refractivity contribution in [3.8, 4) is 5.75 Å². The summed E-state index contributed by atoms with van der Waals surface area (Å²) in [5, 5.41) is 0.645. The standard InChI is InChI=1S/C16H21ClN2O3/c17-13-3-1-2-4-15(13)21-12-10-18-6-8-19(9-7-18)14-5-11-22-16(14)20/h1-4,14H,5-12H2/t14-/m0/s1. The molecule has 22 heavy (non-hydrogen) atoms. The van der Waals surface area contributed by atoms with Crippen molar-refractivity contribution in [2.24, 2.45) is 0 Å². The van der Waals surface area contributed by atoms with Gasteiger partial charge in [0.15, 0.2) is 0 Å². The molecule has 2 aliphatic heterocycles. The van der Waals surface area contributed by atoms with Gasteiger partial charge in [-0.15, -0.1) is 0 Å². The topological polar surface area (TPSA) is 42.0 Å². The Morgan fingerprint density at radius 2 is 2.00 bits per heavy atom. The molecule has 0 amide bonds. The molecule has 2 aliphatic rings. The second-order valence-electron chi connectivity index (χ2n) is 5.63. The molecule has 2 heterocycles. The van der Waals surface area contributed by atoms with Crippen molar-refractivity contribution in [3.63, 3.8) is 0 Å². The largest absolute Gasteiger partial charge is 0.491 e. The van der Waals surface area contributed by atoms with E-state index < -0.39 is 0 Å². The molecule has 1 aromatic rings. The van der Waals surface area contributed by atoms with Crippen LogP contribution in [0.25, 0.3) is 0 Å². The van der Waals surface area contributed by atoms with E-state index in [0.717, 1.165) is 44.9 Å². The van der Waals surface area contributed by atoms with Crippen molar-refractivity contribution >= 4 is 17.6 Å². The Morgan fingerprint density at radius 3 is 2.68 bits per heavy atom. The monoisotopic (exact) mass is 324 g/mol. The summed E-state index contributed by atoms with van der Waals surface area (Å²) in [7, 11) is 0. The summed E-state index contributed by atoms with van der Waals surface area (Å²) in [5.74, 6) is 0.673. The second kappa shape index (κ2) is 7.31. The Labute approximate surface area is 135 Å². The molecule has 1 aromatic carbocycles. The summed E-state index contributed by atoms with van der Waals surface area (Å²) in [5.41, 5.74) is 0. The van der Waals surface area contributed by atoms with Crippen LogP contribution >= 0.6 is 11.6 Å². The molecule has 120 valence electrons. The molecular formula is C16H21ClN2O3. The fourth-order valence-electron chi connectivity index (χ4n) is 2.96. The highest BCUT2D eigenvalue weighted by atomic mass is 35.5. The number of carbonyl (C=O) groups excluding carboxylic acids is 1. The lowest BCUT2D eigenvalue weighted by atomic mass is 10.2. The van der Waals surface area contributed by atoms with Gasteiger partial charge in [-0.3, -0.25) is 14.6 Å². The quantitative estimate of drug-likeness (QED) is 0.770. The number of esters is 1. The molecule has 2 saturated heterocycles. The molecule has 0 spiro atoms. The van der Waals surface area contributed by atoms with Gasteiger partial charge < -0.3 is 9.47 Å². The van der Waals surface area contributed by atoms with Gasteiger partial charge in [-0.05, 0) is 12.1 Å². The third kappa shape index (κ3) is 3.72. The fourth-order valence-corrected chi connectivity index (χ4v) is 3.15. The van der Waals surface area contributed by atoms with Gasteiger partial charge in [0.2, 0.25) is 0 Å². The smallest absolute Gasteiger partial charge is 0.323 e. The maximum atomic E-state index is 11.6. The molecule has 0 N–H and O–H groups in total. The highest BCUT2D eigenvalue weighted by molar-refractivity contribution is 6.32. The number of cyclic esters (lactones) is 1. The summed E-state index contributed by atoms with van der Waals surface area (Å²) < 4.78 is 10.8. The van der Waals surface area contributed by atoms with Gasteiger partial charge in [0, 0.05) is 39.1 Å². The maximum Gasteiger partial charge on any atom is 0.323 e. The van der Waals surface area contributed by atoms with Crippen LogP contribution in [-0.2, 0) is 9.53 Å². The Bertz CT molecular complexity index is 518. The van der Waals surface area contributed by atoms with Crippen molar-refractivity contribution in [3.05, 3.63) is 29.3 Å². The summed E-state index contributed by atoms with van der Waals surface area (Å²) >= 11 is 6.06. The molecular weight excluding hydrogens is 304 g/mol. The van der Waals surface area contributed by atoms with Gasteiger partial charge in [-0.2, -0.15) is 0 Å². The molecule has 0 radical (unpaired) electrons. The Hall–Kier alpha value is -1.30. The molecule has 3 rings (SSSR count). The summed E-state index contributed by atoms with van der Waals surface area (Å²) in [6.07, 6.45) is 0.828. The molecule has 6 heteroatoms. The molecule has 2 fully saturated rings. The predicted molar refractivity (Wildman–Crippen MR) is 84.3 cm³/mol. The van der Waals surface area contributed by atoms with E-state index in [-0.39, 0.29) is 12.0 Å². The Balaban J connectivity index is 1.39. The van der Waals surface area contributed by atoms with Crippen molar-refractivity contribution < 1.29 is 14.3 Å².